The van der Waals surface area contributed by atoms with E-state index in [0.29, 0.717) is 0 Å². The highest BCUT2D eigenvalue weighted by molar-refractivity contribution is 5.64. The fourth-order valence-corrected chi connectivity index (χ4v) is 6.59. The lowest BCUT2D eigenvalue weighted by Gasteiger charge is -2.12. The molecule has 0 aromatic heterocycles. The number of anilines is 1. The number of aryl methyl sites for hydroxylation is 3. The molecule has 0 atom stereocenters. The second kappa shape index (κ2) is 44.3. The van der Waals surface area contributed by atoms with Crippen LogP contribution in [0.5, 0.6) is 0 Å². The molecule has 0 saturated heterocycles. The summed E-state index contributed by atoms with van der Waals surface area (Å²) in [4.78, 5) is 0. The summed E-state index contributed by atoms with van der Waals surface area (Å²) in [7, 11) is 1.87. The standard InChI is InChI=1S/C24H36N2.C20H24.C16H29N3.2C3H8/c1-7-17-25-21(5)9-8-10-22(6)26-24-15-13-23(14-16-24)12-11-20(4)18-19(2)3;1-4-6-18-7-5-8-20(15-18)19-13-11-17(12-14-19)10-9-16(2)3;1-7-13(2)11-15(4)18-10-8-9-14(3)19-12-16(5)17-6;2*1-3-2/h13-16,25-26H,2,4-12,17-18H2,1,3H3;5,7-8,11-15H,2,4,6,9-10H2,1,3H3;11,17-19H,3-5,7-10,12H2,1-2,6H3;2*3H2,1-2H3/b;;13-11-;;. The Morgan fingerprint density at radius 3 is 1.62 bits per heavy atom. The number of benzene rings is 3. The molecule has 0 spiro atoms. The minimum Gasteiger partial charge on any atom is -0.390 e. The molecule has 0 saturated carbocycles. The molecule has 0 bridgehead atoms. The van der Waals surface area contributed by atoms with Crippen molar-refractivity contribution in [2.24, 2.45) is 0 Å². The van der Waals surface area contributed by atoms with Gasteiger partial charge in [-0.05, 0) is 150 Å². The molecular formula is C66H105N5. The molecule has 0 fully saturated rings. The Bertz CT molecular complexity index is 1990. The van der Waals surface area contributed by atoms with Crippen molar-refractivity contribution in [3.63, 3.8) is 0 Å². The maximum absolute atomic E-state index is 4.14. The van der Waals surface area contributed by atoms with Crippen molar-refractivity contribution in [1.82, 2.24) is 21.3 Å². The van der Waals surface area contributed by atoms with Gasteiger partial charge in [-0.1, -0.05) is 197 Å². The molecule has 3 rings (SSSR count). The molecule has 0 radical (unpaired) electrons. The number of allylic oxidation sites excluding steroid dienone is 8. The summed E-state index contributed by atoms with van der Waals surface area (Å²) < 4.78 is 0. The lowest BCUT2D eigenvalue weighted by Crippen LogP contribution is -2.22. The first-order valence-corrected chi connectivity index (χ1v) is 26.9. The van der Waals surface area contributed by atoms with Crippen LogP contribution in [0.2, 0.25) is 0 Å². The van der Waals surface area contributed by atoms with Crippen LogP contribution < -0.4 is 26.6 Å². The van der Waals surface area contributed by atoms with E-state index in [0.717, 1.165) is 137 Å². The molecule has 5 heteroatoms. The maximum Gasteiger partial charge on any atom is 0.0538 e. The van der Waals surface area contributed by atoms with Crippen molar-refractivity contribution >= 4 is 5.69 Å². The van der Waals surface area contributed by atoms with Crippen LogP contribution in [0, 0.1) is 0 Å². The molecule has 0 aliphatic heterocycles. The van der Waals surface area contributed by atoms with Crippen molar-refractivity contribution in [1.29, 1.82) is 0 Å². The zero-order valence-electron chi connectivity index (χ0n) is 47.6. The van der Waals surface area contributed by atoms with Crippen molar-refractivity contribution in [3.05, 3.63) is 199 Å². The Kier molecular flexibility index (Phi) is 42.0. The van der Waals surface area contributed by atoms with Crippen molar-refractivity contribution in [3.8, 4) is 11.1 Å². The number of hydrogen-bond acceptors (Lipinski definition) is 5. The van der Waals surface area contributed by atoms with Crippen LogP contribution in [0.3, 0.4) is 0 Å². The second-order valence-corrected chi connectivity index (χ2v) is 18.9. The third-order valence-electron chi connectivity index (χ3n) is 10.7. The van der Waals surface area contributed by atoms with Gasteiger partial charge in [0.05, 0.1) is 6.54 Å². The molecule has 5 nitrogen and oxygen atoms in total. The van der Waals surface area contributed by atoms with Gasteiger partial charge in [-0.25, -0.2) is 0 Å². The Hall–Kier alpha value is -5.68. The summed E-state index contributed by atoms with van der Waals surface area (Å²) in [5.74, 6) is 0. The summed E-state index contributed by atoms with van der Waals surface area (Å²) in [6, 6.07) is 26.5. The molecule has 394 valence electrons. The summed E-state index contributed by atoms with van der Waals surface area (Å²) in [6.45, 7) is 56.0. The zero-order chi connectivity index (χ0) is 53.8. The summed E-state index contributed by atoms with van der Waals surface area (Å²) in [5.41, 5.74) is 18.1. The third kappa shape index (κ3) is 39.7. The molecular weight excluding hydrogens is 863 g/mol. The average Bonchev–Trinajstić information content (AvgIpc) is 3.34. The van der Waals surface area contributed by atoms with Crippen LogP contribution in [0.25, 0.3) is 11.1 Å². The van der Waals surface area contributed by atoms with Crippen LogP contribution in [0.4, 0.5) is 5.69 Å². The first-order chi connectivity index (χ1) is 33.9. The molecule has 0 heterocycles. The van der Waals surface area contributed by atoms with E-state index in [-0.39, 0.29) is 0 Å². The van der Waals surface area contributed by atoms with E-state index >= 15 is 0 Å². The molecule has 0 unspecified atom stereocenters. The Morgan fingerprint density at radius 1 is 0.507 bits per heavy atom. The average molecular weight is 969 g/mol. The van der Waals surface area contributed by atoms with Gasteiger partial charge in [-0.2, -0.15) is 0 Å². The van der Waals surface area contributed by atoms with E-state index in [4.69, 9.17) is 0 Å². The zero-order valence-corrected chi connectivity index (χ0v) is 47.6. The predicted octanol–water partition coefficient (Wildman–Crippen LogP) is 18.5. The van der Waals surface area contributed by atoms with Crippen LogP contribution in [-0.4, -0.2) is 26.7 Å². The molecule has 0 aliphatic rings. The quantitative estimate of drug-likeness (QED) is 0.0253. The summed E-state index contributed by atoms with van der Waals surface area (Å²) in [5, 5.41) is 16.3. The van der Waals surface area contributed by atoms with Crippen molar-refractivity contribution < 1.29 is 0 Å². The molecule has 3 aromatic carbocycles. The molecule has 0 amide bonds. The molecule has 0 aliphatic carbocycles. The first kappa shape index (κ1) is 67.4. The minimum absolute atomic E-state index is 0.730. The van der Waals surface area contributed by atoms with E-state index < -0.39 is 0 Å². The largest absolute Gasteiger partial charge is 0.390 e. The SMILES string of the molecule is C=C(/C=C(/C)CC)NCCCC(=C)NCC(=C)NC.C=C(C)CC(=C)CCc1ccc(NC(=C)CCCC(=C)NCCC)cc1.C=C(C)CCc1ccc(-c2cccc(CCC)c2)cc1.CCC.CCC. The fourth-order valence-electron chi connectivity index (χ4n) is 6.59. The minimum atomic E-state index is 0.730. The predicted molar refractivity (Wildman–Crippen MR) is 324 cm³/mol. The Morgan fingerprint density at radius 2 is 1.07 bits per heavy atom. The highest BCUT2D eigenvalue weighted by Gasteiger charge is 2.03. The van der Waals surface area contributed by atoms with Crippen LogP contribution >= 0.6 is 0 Å². The van der Waals surface area contributed by atoms with Gasteiger partial charge in [-0.3, -0.25) is 0 Å². The van der Waals surface area contributed by atoms with Gasteiger partial charge >= 0.3 is 0 Å². The molecule has 5 N–H and O–H groups in total. The van der Waals surface area contributed by atoms with Crippen molar-refractivity contribution in [2.75, 3.05) is 32.0 Å². The van der Waals surface area contributed by atoms with E-state index in [1.165, 1.54) is 69.4 Å². The Balaban J connectivity index is 0. The van der Waals surface area contributed by atoms with Gasteiger partial charge < -0.3 is 26.6 Å². The fraction of sp³-hybridized carbons (Fsp3) is 0.455. The van der Waals surface area contributed by atoms with Gasteiger partial charge in [0.1, 0.15) is 0 Å². The first-order valence-electron chi connectivity index (χ1n) is 26.9. The van der Waals surface area contributed by atoms with Crippen LogP contribution in [0.1, 0.15) is 169 Å². The van der Waals surface area contributed by atoms with Gasteiger partial charge in [0.25, 0.3) is 0 Å². The normalized spacial score (nSPS) is 10.1. The van der Waals surface area contributed by atoms with E-state index in [2.05, 4.69) is 227 Å². The second-order valence-electron chi connectivity index (χ2n) is 18.9. The topological polar surface area (TPSA) is 60.1 Å². The smallest absolute Gasteiger partial charge is 0.0538 e. The van der Waals surface area contributed by atoms with Crippen LogP contribution in [-0.2, 0) is 19.3 Å². The van der Waals surface area contributed by atoms with Gasteiger partial charge in [0.15, 0.2) is 0 Å². The van der Waals surface area contributed by atoms with E-state index in [1.807, 2.05) is 7.05 Å². The summed E-state index contributed by atoms with van der Waals surface area (Å²) >= 11 is 0. The lowest BCUT2D eigenvalue weighted by atomic mass is 9.99. The van der Waals surface area contributed by atoms with E-state index in [1.54, 1.807) is 0 Å². The Labute approximate surface area is 439 Å². The van der Waals surface area contributed by atoms with Crippen molar-refractivity contribution in [2.45, 2.75) is 172 Å². The third-order valence-corrected chi connectivity index (χ3v) is 10.7. The molecule has 3 aromatic rings. The highest BCUT2D eigenvalue weighted by atomic mass is 14.9. The van der Waals surface area contributed by atoms with Gasteiger partial charge in [-0.15, -0.1) is 6.58 Å². The van der Waals surface area contributed by atoms with Crippen LogP contribution in [0.15, 0.2) is 182 Å². The van der Waals surface area contributed by atoms with E-state index in [9.17, 15) is 0 Å². The van der Waals surface area contributed by atoms with Gasteiger partial charge in [0.2, 0.25) is 0 Å². The number of hydrogen-bond donors (Lipinski definition) is 5. The number of rotatable bonds is 31. The van der Waals surface area contributed by atoms with Gasteiger partial charge in [0, 0.05) is 54.3 Å². The molecule has 71 heavy (non-hydrogen) atoms. The highest BCUT2D eigenvalue weighted by Crippen LogP contribution is 2.23. The summed E-state index contributed by atoms with van der Waals surface area (Å²) in [6.07, 6.45) is 19.3. The monoisotopic (exact) mass is 968 g/mol. The number of likely N-dealkylation sites (N-methyl/N-ethyl adjacent to an activating group) is 1. The maximum atomic E-state index is 4.14. The lowest BCUT2D eigenvalue weighted by molar-refractivity contribution is 0.689. The number of nitrogens with one attached hydrogen (secondary N) is 5.